The largest absolute Gasteiger partial charge is 0.361 e. The van der Waals surface area contributed by atoms with E-state index >= 15 is 0 Å². The van der Waals surface area contributed by atoms with E-state index in [1.807, 2.05) is 30.5 Å². The van der Waals surface area contributed by atoms with Crippen molar-refractivity contribution in [3.63, 3.8) is 0 Å². The van der Waals surface area contributed by atoms with Crippen molar-refractivity contribution in [3.8, 4) is 0 Å². The van der Waals surface area contributed by atoms with Gasteiger partial charge >= 0.3 is 0 Å². The van der Waals surface area contributed by atoms with Gasteiger partial charge in [0.1, 0.15) is 11.3 Å². The molecule has 0 atom stereocenters. The first-order valence-electron chi connectivity index (χ1n) is 5.54. The van der Waals surface area contributed by atoms with E-state index in [0.717, 1.165) is 16.6 Å². The molecule has 0 aliphatic carbocycles. The number of aromatic amines is 1. The summed E-state index contributed by atoms with van der Waals surface area (Å²) < 4.78 is 4.87. The molecular formula is C13H11N3O2. The van der Waals surface area contributed by atoms with E-state index in [1.165, 1.54) is 6.20 Å². The highest BCUT2D eigenvalue weighted by Gasteiger charge is 2.12. The lowest BCUT2D eigenvalue weighted by Gasteiger charge is -2.03. The second kappa shape index (κ2) is 4.03. The summed E-state index contributed by atoms with van der Waals surface area (Å²) in [5, 5.41) is 7.45. The van der Waals surface area contributed by atoms with E-state index in [2.05, 4.69) is 15.5 Å². The van der Waals surface area contributed by atoms with Crippen molar-refractivity contribution >= 4 is 22.5 Å². The quantitative estimate of drug-likeness (QED) is 0.724. The molecule has 0 aliphatic heterocycles. The number of amides is 1. The Balaban J connectivity index is 1.88. The van der Waals surface area contributed by atoms with Crippen LogP contribution in [0, 0.1) is 6.92 Å². The van der Waals surface area contributed by atoms with Gasteiger partial charge in [0.25, 0.3) is 5.91 Å². The van der Waals surface area contributed by atoms with E-state index < -0.39 is 0 Å². The Morgan fingerprint density at radius 1 is 1.39 bits per heavy atom. The van der Waals surface area contributed by atoms with Crippen LogP contribution < -0.4 is 5.32 Å². The lowest BCUT2D eigenvalue weighted by atomic mass is 10.2. The van der Waals surface area contributed by atoms with Gasteiger partial charge in [-0.2, -0.15) is 0 Å². The van der Waals surface area contributed by atoms with Gasteiger partial charge in [0.05, 0.1) is 6.20 Å². The number of rotatable bonds is 2. The van der Waals surface area contributed by atoms with Gasteiger partial charge in [0, 0.05) is 22.8 Å². The van der Waals surface area contributed by atoms with Crippen LogP contribution in [0.1, 0.15) is 16.1 Å². The summed E-state index contributed by atoms with van der Waals surface area (Å²) in [5.41, 5.74) is 2.23. The minimum absolute atomic E-state index is 0.219. The second-order valence-electron chi connectivity index (χ2n) is 4.03. The first kappa shape index (κ1) is 10.6. The molecule has 0 radical (unpaired) electrons. The van der Waals surface area contributed by atoms with Crippen LogP contribution in [0.3, 0.4) is 0 Å². The maximum atomic E-state index is 12.0. The van der Waals surface area contributed by atoms with Gasteiger partial charge in [0.15, 0.2) is 0 Å². The molecule has 5 heteroatoms. The molecule has 2 aromatic heterocycles. The van der Waals surface area contributed by atoms with E-state index in [1.54, 1.807) is 6.92 Å². The fourth-order valence-electron chi connectivity index (χ4n) is 1.85. The molecule has 0 saturated carbocycles. The van der Waals surface area contributed by atoms with Gasteiger partial charge in [-0.15, -0.1) is 0 Å². The smallest absolute Gasteiger partial charge is 0.260 e. The third kappa shape index (κ3) is 1.75. The molecule has 0 aliphatic rings. The van der Waals surface area contributed by atoms with E-state index in [-0.39, 0.29) is 5.91 Å². The summed E-state index contributed by atoms with van der Waals surface area (Å²) in [5.74, 6) is 0.291. The summed E-state index contributed by atoms with van der Waals surface area (Å²) in [7, 11) is 0. The highest BCUT2D eigenvalue weighted by molar-refractivity contribution is 6.05. The zero-order valence-electron chi connectivity index (χ0n) is 9.73. The second-order valence-corrected chi connectivity index (χ2v) is 4.03. The van der Waals surface area contributed by atoms with Crippen molar-refractivity contribution in [2.24, 2.45) is 0 Å². The molecule has 3 rings (SSSR count). The molecule has 2 heterocycles. The standard InChI is InChI=1S/C13H11N3O2/c1-8-11(7-15-18-8)13(17)16-10-2-3-12-9(6-10)4-5-14-12/h2-7,14H,1H3,(H,16,17). The Morgan fingerprint density at radius 2 is 2.28 bits per heavy atom. The highest BCUT2D eigenvalue weighted by Crippen LogP contribution is 2.18. The van der Waals surface area contributed by atoms with Crippen LogP contribution in [0.15, 0.2) is 41.2 Å². The molecule has 0 fully saturated rings. The first-order chi connectivity index (χ1) is 8.74. The highest BCUT2D eigenvalue weighted by atomic mass is 16.5. The molecule has 3 aromatic rings. The van der Waals surface area contributed by atoms with Crippen LogP contribution in [0.25, 0.3) is 10.9 Å². The zero-order chi connectivity index (χ0) is 12.5. The Labute approximate surface area is 103 Å². The number of anilines is 1. The number of nitrogens with zero attached hydrogens (tertiary/aromatic N) is 1. The third-order valence-corrected chi connectivity index (χ3v) is 2.81. The lowest BCUT2D eigenvalue weighted by Crippen LogP contribution is -2.11. The van der Waals surface area contributed by atoms with Crippen molar-refractivity contribution in [1.82, 2.24) is 10.1 Å². The first-order valence-corrected chi connectivity index (χ1v) is 5.54. The fourth-order valence-corrected chi connectivity index (χ4v) is 1.85. The van der Waals surface area contributed by atoms with Crippen LogP contribution >= 0.6 is 0 Å². The van der Waals surface area contributed by atoms with Crippen molar-refractivity contribution in [3.05, 3.63) is 48.0 Å². The van der Waals surface area contributed by atoms with Crippen LogP contribution in [-0.2, 0) is 0 Å². The lowest BCUT2D eigenvalue weighted by molar-refractivity contribution is 0.102. The van der Waals surface area contributed by atoms with Gasteiger partial charge < -0.3 is 14.8 Å². The van der Waals surface area contributed by atoms with Crippen LogP contribution in [0.5, 0.6) is 0 Å². The number of aromatic nitrogens is 2. The predicted molar refractivity (Wildman–Crippen MR) is 67.5 cm³/mol. The topological polar surface area (TPSA) is 70.9 Å². The van der Waals surface area contributed by atoms with Gasteiger partial charge in [-0.3, -0.25) is 4.79 Å². The molecule has 5 nitrogen and oxygen atoms in total. The number of benzene rings is 1. The average Bonchev–Trinajstić information content (AvgIpc) is 2.96. The van der Waals surface area contributed by atoms with Crippen LogP contribution in [-0.4, -0.2) is 16.0 Å². The maximum absolute atomic E-state index is 12.0. The molecule has 0 saturated heterocycles. The summed E-state index contributed by atoms with van der Waals surface area (Å²) >= 11 is 0. The van der Waals surface area contributed by atoms with Crippen molar-refractivity contribution in [2.75, 3.05) is 5.32 Å². The third-order valence-electron chi connectivity index (χ3n) is 2.81. The molecule has 0 spiro atoms. The summed E-state index contributed by atoms with van der Waals surface area (Å²) in [6.07, 6.45) is 3.28. The molecule has 0 bridgehead atoms. The molecule has 1 aromatic carbocycles. The SMILES string of the molecule is Cc1oncc1C(=O)Nc1ccc2[nH]ccc2c1. The average molecular weight is 241 g/mol. The van der Waals surface area contributed by atoms with E-state index in [0.29, 0.717) is 11.3 Å². The monoisotopic (exact) mass is 241 g/mol. The zero-order valence-corrected chi connectivity index (χ0v) is 9.73. The van der Waals surface area contributed by atoms with Crippen molar-refractivity contribution in [1.29, 1.82) is 0 Å². The minimum atomic E-state index is -0.219. The molecule has 1 amide bonds. The number of hydrogen-bond donors (Lipinski definition) is 2. The number of aryl methyl sites for hydroxylation is 1. The number of carbonyl (C=O) groups excluding carboxylic acids is 1. The Kier molecular flexibility index (Phi) is 2.37. The molecule has 18 heavy (non-hydrogen) atoms. The minimum Gasteiger partial charge on any atom is -0.361 e. The van der Waals surface area contributed by atoms with Gasteiger partial charge in [-0.05, 0) is 31.2 Å². The Morgan fingerprint density at radius 3 is 3.06 bits per heavy atom. The Hall–Kier alpha value is -2.56. The van der Waals surface area contributed by atoms with Crippen molar-refractivity contribution < 1.29 is 9.32 Å². The Bertz CT molecular complexity index is 712. The maximum Gasteiger partial charge on any atom is 0.260 e. The normalized spacial score (nSPS) is 10.7. The molecular weight excluding hydrogens is 230 g/mol. The summed E-state index contributed by atoms with van der Waals surface area (Å²) in [4.78, 5) is 15.1. The molecule has 2 N–H and O–H groups in total. The van der Waals surface area contributed by atoms with Gasteiger partial charge in [-0.1, -0.05) is 5.16 Å². The molecule has 90 valence electrons. The summed E-state index contributed by atoms with van der Waals surface area (Å²) in [6.45, 7) is 1.71. The van der Waals surface area contributed by atoms with Gasteiger partial charge in [-0.25, -0.2) is 0 Å². The number of hydrogen-bond acceptors (Lipinski definition) is 3. The molecule has 0 unspecified atom stereocenters. The van der Waals surface area contributed by atoms with Crippen LogP contribution in [0.4, 0.5) is 5.69 Å². The number of H-pyrrole nitrogens is 1. The number of fused-ring (bicyclic) bond motifs is 1. The predicted octanol–water partition coefficient (Wildman–Crippen LogP) is 2.72. The van der Waals surface area contributed by atoms with Gasteiger partial charge in [0.2, 0.25) is 0 Å². The summed E-state index contributed by atoms with van der Waals surface area (Å²) in [6, 6.07) is 7.63. The van der Waals surface area contributed by atoms with Crippen LogP contribution in [0.2, 0.25) is 0 Å². The van der Waals surface area contributed by atoms with Crippen molar-refractivity contribution in [2.45, 2.75) is 6.92 Å². The fraction of sp³-hybridized carbons (Fsp3) is 0.0769. The van der Waals surface area contributed by atoms with E-state index in [4.69, 9.17) is 4.52 Å². The number of carbonyl (C=O) groups is 1. The van der Waals surface area contributed by atoms with E-state index in [9.17, 15) is 4.79 Å². The number of nitrogens with one attached hydrogen (secondary N) is 2.